The van der Waals surface area contributed by atoms with E-state index in [9.17, 15) is 4.79 Å². The predicted octanol–water partition coefficient (Wildman–Crippen LogP) is 3.94. The van der Waals surface area contributed by atoms with Crippen LogP contribution in [0.1, 0.15) is 35.2 Å². The van der Waals surface area contributed by atoms with Gasteiger partial charge in [-0.05, 0) is 43.4 Å². The van der Waals surface area contributed by atoms with Crippen LogP contribution in [-0.4, -0.2) is 17.3 Å². The highest BCUT2D eigenvalue weighted by atomic mass is 79.9. The largest absolute Gasteiger partial charge is 0.349 e. The summed E-state index contributed by atoms with van der Waals surface area (Å²) in [4.78, 5) is 12.3. The van der Waals surface area contributed by atoms with Crippen molar-refractivity contribution in [3.8, 4) is 0 Å². The zero-order valence-corrected chi connectivity index (χ0v) is 12.7. The van der Waals surface area contributed by atoms with Crippen LogP contribution in [0.5, 0.6) is 0 Å². The van der Waals surface area contributed by atoms with Crippen molar-refractivity contribution >= 4 is 33.4 Å². The average molecular weight is 331 g/mol. The maximum absolute atomic E-state index is 12.3. The van der Waals surface area contributed by atoms with Crippen LogP contribution >= 0.6 is 27.5 Å². The molecule has 1 saturated carbocycles. The summed E-state index contributed by atoms with van der Waals surface area (Å²) in [7, 11) is 0. The molecular weight excluding hydrogens is 314 g/mol. The number of hydrogen-bond donors (Lipinski definition) is 1. The van der Waals surface area contributed by atoms with Crippen LogP contribution in [0.15, 0.2) is 18.2 Å². The lowest BCUT2D eigenvalue weighted by atomic mass is 10.0. The molecular formula is C14H17BrClNO. The van der Waals surface area contributed by atoms with Gasteiger partial charge in [0.2, 0.25) is 0 Å². The van der Waals surface area contributed by atoms with E-state index >= 15 is 0 Å². The second kappa shape index (κ2) is 6.07. The summed E-state index contributed by atoms with van der Waals surface area (Å²) >= 11 is 9.46. The predicted molar refractivity (Wildman–Crippen MR) is 78.6 cm³/mol. The molecule has 0 heterocycles. The minimum Gasteiger partial charge on any atom is -0.349 e. The summed E-state index contributed by atoms with van der Waals surface area (Å²) in [6, 6.07) is 5.72. The van der Waals surface area contributed by atoms with Crippen LogP contribution in [-0.2, 0) is 0 Å². The van der Waals surface area contributed by atoms with Crippen molar-refractivity contribution in [3.63, 3.8) is 0 Å². The summed E-state index contributed by atoms with van der Waals surface area (Å²) in [5, 5.41) is 4.69. The average Bonchev–Trinajstić information content (AvgIpc) is 2.79. The van der Waals surface area contributed by atoms with Crippen molar-refractivity contribution in [2.75, 3.05) is 5.33 Å². The lowest BCUT2D eigenvalue weighted by molar-refractivity contribution is 0.0929. The van der Waals surface area contributed by atoms with E-state index in [2.05, 4.69) is 21.2 Å². The van der Waals surface area contributed by atoms with E-state index < -0.39 is 0 Å². The summed E-state index contributed by atoms with van der Waals surface area (Å²) in [5.74, 6) is 0.543. The molecule has 0 saturated heterocycles. The fraction of sp³-hybridized carbons (Fsp3) is 0.500. The van der Waals surface area contributed by atoms with Crippen LogP contribution in [0.2, 0.25) is 5.02 Å². The Balaban J connectivity index is 2.09. The maximum Gasteiger partial charge on any atom is 0.251 e. The number of hydrogen-bond acceptors (Lipinski definition) is 1. The second-order valence-corrected chi connectivity index (χ2v) is 5.97. The van der Waals surface area contributed by atoms with E-state index in [-0.39, 0.29) is 11.9 Å². The van der Waals surface area contributed by atoms with Crippen molar-refractivity contribution in [2.45, 2.75) is 32.2 Å². The third-order valence-corrected chi connectivity index (χ3v) is 4.68. The van der Waals surface area contributed by atoms with Crippen molar-refractivity contribution in [2.24, 2.45) is 5.92 Å². The van der Waals surface area contributed by atoms with Crippen LogP contribution in [0.25, 0.3) is 0 Å². The van der Waals surface area contributed by atoms with E-state index in [1.165, 1.54) is 12.8 Å². The van der Waals surface area contributed by atoms with Crippen molar-refractivity contribution in [1.82, 2.24) is 5.32 Å². The standard InChI is InChI=1S/C14H17BrClNO/c1-9-5-6-11(16)7-12(9)14(18)17-13-4-2-3-10(13)8-15/h5-7,10,13H,2-4,8H2,1H3,(H,17,18). The van der Waals surface area contributed by atoms with Gasteiger partial charge >= 0.3 is 0 Å². The van der Waals surface area contributed by atoms with Crippen LogP contribution in [0.3, 0.4) is 0 Å². The van der Waals surface area contributed by atoms with E-state index in [4.69, 9.17) is 11.6 Å². The van der Waals surface area contributed by atoms with Crippen LogP contribution in [0.4, 0.5) is 0 Å². The molecule has 2 rings (SSSR count). The summed E-state index contributed by atoms with van der Waals surface area (Å²) in [6.07, 6.45) is 3.45. The molecule has 0 bridgehead atoms. The lowest BCUT2D eigenvalue weighted by Gasteiger charge is -2.19. The molecule has 4 heteroatoms. The Kier molecular flexibility index (Phi) is 4.68. The lowest BCUT2D eigenvalue weighted by Crippen LogP contribution is -2.38. The van der Waals surface area contributed by atoms with Gasteiger partial charge in [0.1, 0.15) is 0 Å². The minimum atomic E-state index is -0.00662. The topological polar surface area (TPSA) is 29.1 Å². The van der Waals surface area contributed by atoms with Gasteiger partial charge in [0.05, 0.1) is 0 Å². The van der Waals surface area contributed by atoms with Gasteiger partial charge in [0, 0.05) is 22.0 Å². The van der Waals surface area contributed by atoms with Gasteiger partial charge in [-0.15, -0.1) is 0 Å². The molecule has 1 fully saturated rings. The molecule has 1 amide bonds. The fourth-order valence-electron chi connectivity index (χ4n) is 2.50. The van der Waals surface area contributed by atoms with Gasteiger partial charge in [-0.25, -0.2) is 0 Å². The van der Waals surface area contributed by atoms with E-state index in [0.29, 0.717) is 16.5 Å². The van der Waals surface area contributed by atoms with Gasteiger partial charge in [0.25, 0.3) is 5.91 Å². The molecule has 0 aromatic heterocycles. The summed E-state index contributed by atoms with van der Waals surface area (Å²) in [6.45, 7) is 1.93. The Bertz CT molecular complexity index is 449. The Morgan fingerprint density at radius 1 is 1.50 bits per heavy atom. The monoisotopic (exact) mass is 329 g/mol. The molecule has 1 aliphatic rings. The summed E-state index contributed by atoms with van der Waals surface area (Å²) in [5.41, 5.74) is 1.65. The number of carbonyl (C=O) groups excluding carboxylic acids is 1. The van der Waals surface area contributed by atoms with Crippen LogP contribution < -0.4 is 5.32 Å². The molecule has 2 nitrogen and oxygen atoms in total. The van der Waals surface area contributed by atoms with E-state index in [1.807, 2.05) is 19.1 Å². The third kappa shape index (κ3) is 3.07. The fourth-order valence-corrected chi connectivity index (χ4v) is 3.44. The van der Waals surface area contributed by atoms with E-state index in [0.717, 1.165) is 17.3 Å². The first-order chi connectivity index (χ1) is 8.61. The Hall–Kier alpha value is -0.540. The number of rotatable bonds is 3. The van der Waals surface area contributed by atoms with Crippen molar-refractivity contribution in [1.29, 1.82) is 0 Å². The molecule has 2 atom stereocenters. The first kappa shape index (κ1) is 13.9. The van der Waals surface area contributed by atoms with Crippen molar-refractivity contribution < 1.29 is 4.79 Å². The number of amides is 1. The molecule has 98 valence electrons. The highest BCUT2D eigenvalue weighted by molar-refractivity contribution is 9.09. The smallest absolute Gasteiger partial charge is 0.251 e. The molecule has 18 heavy (non-hydrogen) atoms. The molecule has 1 aromatic carbocycles. The molecule has 1 aromatic rings. The minimum absolute atomic E-state index is 0.00662. The normalized spacial score (nSPS) is 23.1. The molecule has 1 aliphatic carbocycles. The molecule has 0 radical (unpaired) electrons. The van der Waals surface area contributed by atoms with Gasteiger partial charge in [0.15, 0.2) is 0 Å². The first-order valence-electron chi connectivity index (χ1n) is 6.25. The van der Waals surface area contributed by atoms with Gasteiger partial charge < -0.3 is 5.32 Å². The Morgan fingerprint density at radius 3 is 3.00 bits per heavy atom. The highest BCUT2D eigenvalue weighted by Gasteiger charge is 2.28. The molecule has 2 unspecified atom stereocenters. The number of aryl methyl sites for hydroxylation is 1. The van der Waals surface area contributed by atoms with Crippen LogP contribution in [0, 0.1) is 12.8 Å². The van der Waals surface area contributed by atoms with E-state index in [1.54, 1.807) is 6.07 Å². The Labute approximate surface area is 121 Å². The zero-order chi connectivity index (χ0) is 13.1. The number of benzene rings is 1. The van der Waals surface area contributed by atoms with Gasteiger partial charge in [-0.1, -0.05) is 40.0 Å². The first-order valence-corrected chi connectivity index (χ1v) is 7.74. The molecule has 0 aliphatic heterocycles. The molecule has 0 spiro atoms. The van der Waals surface area contributed by atoms with Gasteiger partial charge in [-0.3, -0.25) is 4.79 Å². The zero-order valence-electron chi connectivity index (χ0n) is 10.4. The Morgan fingerprint density at radius 2 is 2.28 bits per heavy atom. The highest BCUT2D eigenvalue weighted by Crippen LogP contribution is 2.27. The number of nitrogens with one attached hydrogen (secondary N) is 1. The van der Waals surface area contributed by atoms with Crippen molar-refractivity contribution in [3.05, 3.63) is 34.3 Å². The SMILES string of the molecule is Cc1ccc(Cl)cc1C(=O)NC1CCCC1CBr. The number of alkyl halides is 1. The maximum atomic E-state index is 12.3. The molecule has 1 N–H and O–H groups in total. The summed E-state index contributed by atoms with van der Waals surface area (Å²) < 4.78 is 0. The number of halogens is 2. The van der Waals surface area contributed by atoms with Gasteiger partial charge in [-0.2, -0.15) is 0 Å². The second-order valence-electron chi connectivity index (χ2n) is 4.88. The number of carbonyl (C=O) groups is 1. The quantitative estimate of drug-likeness (QED) is 0.836. The third-order valence-electron chi connectivity index (χ3n) is 3.62.